The average Bonchev–Trinajstić information content (AvgIpc) is 3.12. The molecule has 0 amide bonds. The number of methoxy groups -OCH3 is 2. The maximum Gasteiger partial charge on any atom is 0.0798 e. The molecule has 3 nitrogen and oxygen atoms in total. The highest BCUT2D eigenvalue weighted by atomic mass is 35.5. The number of benzene rings is 1. The molecule has 1 aromatic rings. The molecule has 3 rings (SSSR count). The van der Waals surface area contributed by atoms with Crippen LogP contribution in [-0.4, -0.2) is 40.0 Å². The van der Waals surface area contributed by atoms with Crippen LogP contribution >= 0.6 is 23.2 Å². The van der Waals surface area contributed by atoms with Crippen LogP contribution in [0, 0.1) is 5.41 Å². The third kappa shape index (κ3) is 1.92. The summed E-state index contributed by atoms with van der Waals surface area (Å²) in [7, 11) is 3.52. The molecule has 2 fully saturated rings. The summed E-state index contributed by atoms with van der Waals surface area (Å²) in [6, 6.07) is 5.93. The first-order chi connectivity index (χ1) is 9.59. The van der Waals surface area contributed by atoms with Gasteiger partial charge in [-0.2, -0.15) is 0 Å². The summed E-state index contributed by atoms with van der Waals surface area (Å²) in [5.41, 5.74) is 1.28. The third-order valence-electron chi connectivity index (χ3n) is 4.92. The third-order valence-corrected chi connectivity index (χ3v) is 5.66. The number of rotatable bonds is 4. The number of piperidine rings is 1. The molecule has 0 spiro atoms. The highest BCUT2D eigenvalue weighted by Gasteiger charge is 2.73. The summed E-state index contributed by atoms with van der Waals surface area (Å²) in [5.74, 6) is 0. The molecule has 110 valence electrons. The van der Waals surface area contributed by atoms with Crippen molar-refractivity contribution in [3.8, 4) is 0 Å². The van der Waals surface area contributed by atoms with Crippen molar-refractivity contribution < 1.29 is 9.47 Å². The Morgan fingerprint density at radius 3 is 2.75 bits per heavy atom. The molecule has 20 heavy (non-hydrogen) atoms. The molecule has 1 saturated heterocycles. The van der Waals surface area contributed by atoms with Crippen LogP contribution in [0.2, 0.25) is 10.0 Å². The van der Waals surface area contributed by atoms with E-state index in [1.54, 1.807) is 14.2 Å². The van der Waals surface area contributed by atoms with Crippen LogP contribution in [0.5, 0.6) is 0 Å². The van der Waals surface area contributed by atoms with E-state index in [0.717, 1.165) is 26.1 Å². The normalized spacial score (nSPS) is 35.7. The van der Waals surface area contributed by atoms with E-state index in [4.69, 9.17) is 32.7 Å². The molecule has 0 bridgehead atoms. The first-order valence-electron chi connectivity index (χ1n) is 6.78. The molecule has 2 aliphatic rings. The Bertz CT molecular complexity index is 521. The summed E-state index contributed by atoms with van der Waals surface area (Å²) in [4.78, 5) is 0. The Kier molecular flexibility index (Phi) is 3.76. The van der Waals surface area contributed by atoms with Gasteiger partial charge in [-0.3, -0.25) is 0 Å². The number of fused-ring (bicyclic) bond motifs is 1. The van der Waals surface area contributed by atoms with Gasteiger partial charge in [-0.05, 0) is 24.1 Å². The predicted molar refractivity (Wildman–Crippen MR) is 80.7 cm³/mol. The lowest BCUT2D eigenvalue weighted by Crippen LogP contribution is -2.51. The zero-order valence-corrected chi connectivity index (χ0v) is 13.2. The minimum atomic E-state index is -0.0166. The van der Waals surface area contributed by atoms with Crippen molar-refractivity contribution in [3.05, 3.63) is 33.8 Å². The van der Waals surface area contributed by atoms with Gasteiger partial charge in [0, 0.05) is 38.1 Å². The molecule has 1 N–H and O–H groups in total. The first-order valence-corrected chi connectivity index (χ1v) is 7.53. The van der Waals surface area contributed by atoms with Gasteiger partial charge in [0.1, 0.15) is 0 Å². The number of nitrogens with one attached hydrogen (secondary N) is 1. The lowest BCUT2D eigenvalue weighted by Gasteiger charge is -2.37. The van der Waals surface area contributed by atoms with Gasteiger partial charge >= 0.3 is 0 Å². The Morgan fingerprint density at radius 1 is 1.30 bits per heavy atom. The van der Waals surface area contributed by atoms with E-state index in [2.05, 4.69) is 11.4 Å². The summed E-state index contributed by atoms with van der Waals surface area (Å²) < 4.78 is 11.2. The topological polar surface area (TPSA) is 30.5 Å². The largest absolute Gasteiger partial charge is 0.384 e. The lowest BCUT2D eigenvalue weighted by molar-refractivity contribution is 0.0162. The minimum absolute atomic E-state index is 0.0166. The van der Waals surface area contributed by atoms with Crippen molar-refractivity contribution in [2.24, 2.45) is 5.41 Å². The van der Waals surface area contributed by atoms with Crippen molar-refractivity contribution in [3.63, 3.8) is 0 Å². The summed E-state index contributed by atoms with van der Waals surface area (Å²) >= 11 is 12.3. The van der Waals surface area contributed by atoms with Crippen molar-refractivity contribution in [1.29, 1.82) is 0 Å². The SMILES string of the molecule is COC[C@@]12CNC[C@@H](OC)[C@]1(c1ccc(Cl)c(Cl)c1)C2. The molecule has 3 atom stereocenters. The molecular formula is C15H19Cl2NO2. The van der Waals surface area contributed by atoms with E-state index < -0.39 is 0 Å². The second-order valence-electron chi connectivity index (χ2n) is 5.85. The van der Waals surface area contributed by atoms with Gasteiger partial charge in [0.25, 0.3) is 0 Å². The van der Waals surface area contributed by atoms with Crippen LogP contribution in [0.15, 0.2) is 18.2 Å². The van der Waals surface area contributed by atoms with E-state index in [9.17, 15) is 0 Å². The van der Waals surface area contributed by atoms with E-state index in [1.807, 2.05) is 12.1 Å². The zero-order chi connectivity index (χ0) is 14.4. The van der Waals surface area contributed by atoms with Crippen LogP contribution < -0.4 is 5.32 Å². The summed E-state index contributed by atoms with van der Waals surface area (Å²) in [6.07, 6.45) is 1.18. The van der Waals surface area contributed by atoms with E-state index in [0.29, 0.717) is 10.0 Å². The standard InChI is InChI=1S/C15H19Cl2NO2/c1-19-9-14-7-15(14,13(20-2)6-18-8-14)10-3-4-11(16)12(17)5-10/h3-5,13,18H,6-9H2,1-2H3/t13-,14-,15-/m1/s1. The van der Waals surface area contributed by atoms with Gasteiger partial charge in [-0.15, -0.1) is 0 Å². The van der Waals surface area contributed by atoms with Crippen molar-refractivity contribution in [1.82, 2.24) is 5.32 Å². The van der Waals surface area contributed by atoms with Crippen LogP contribution in [0.3, 0.4) is 0 Å². The maximum absolute atomic E-state index is 6.21. The van der Waals surface area contributed by atoms with E-state index >= 15 is 0 Å². The van der Waals surface area contributed by atoms with Gasteiger partial charge < -0.3 is 14.8 Å². The van der Waals surface area contributed by atoms with Crippen molar-refractivity contribution in [2.45, 2.75) is 17.9 Å². The van der Waals surface area contributed by atoms with Gasteiger partial charge in [-0.1, -0.05) is 29.3 Å². The number of hydrogen-bond donors (Lipinski definition) is 1. The fraction of sp³-hybridized carbons (Fsp3) is 0.600. The Balaban J connectivity index is 2.04. The predicted octanol–water partition coefficient (Wildman–Crippen LogP) is 2.89. The molecule has 0 radical (unpaired) electrons. The monoisotopic (exact) mass is 315 g/mol. The lowest BCUT2D eigenvalue weighted by atomic mass is 9.79. The Morgan fingerprint density at radius 2 is 2.10 bits per heavy atom. The molecule has 0 unspecified atom stereocenters. The fourth-order valence-electron chi connectivity index (χ4n) is 3.94. The molecule has 1 saturated carbocycles. The van der Waals surface area contributed by atoms with Crippen molar-refractivity contribution >= 4 is 23.2 Å². The number of ether oxygens (including phenoxy) is 2. The van der Waals surface area contributed by atoms with Gasteiger partial charge in [0.15, 0.2) is 0 Å². The summed E-state index contributed by atoms with van der Waals surface area (Å²) in [5, 5.41) is 4.65. The number of hydrogen-bond acceptors (Lipinski definition) is 3. The minimum Gasteiger partial charge on any atom is -0.384 e. The van der Waals surface area contributed by atoms with Crippen LogP contribution in [0.25, 0.3) is 0 Å². The Labute approximate surface area is 129 Å². The van der Waals surface area contributed by atoms with E-state index in [1.165, 1.54) is 5.56 Å². The van der Waals surface area contributed by atoms with Gasteiger partial charge in [-0.25, -0.2) is 0 Å². The quantitative estimate of drug-likeness (QED) is 0.926. The smallest absolute Gasteiger partial charge is 0.0798 e. The maximum atomic E-state index is 6.21. The van der Waals surface area contributed by atoms with Crippen LogP contribution in [-0.2, 0) is 14.9 Å². The highest BCUT2D eigenvalue weighted by Crippen LogP contribution is 2.68. The average molecular weight is 316 g/mol. The highest BCUT2D eigenvalue weighted by molar-refractivity contribution is 6.42. The van der Waals surface area contributed by atoms with Gasteiger partial charge in [0.05, 0.1) is 22.8 Å². The van der Waals surface area contributed by atoms with Gasteiger partial charge in [0.2, 0.25) is 0 Å². The van der Waals surface area contributed by atoms with Crippen LogP contribution in [0.4, 0.5) is 0 Å². The molecule has 1 aliphatic heterocycles. The molecular weight excluding hydrogens is 297 g/mol. The van der Waals surface area contributed by atoms with E-state index in [-0.39, 0.29) is 16.9 Å². The Hall–Kier alpha value is -0.320. The summed E-state index contributed by atoms with van der Waals surface area (Å²) in [6.45, 7) is 2.52. The fourth-order valence-corrected chi connectivity index (χ4v) is 4.24. The number of halogens is 2. The molecule has 1 aliphatic carbocycles. The molecule has 1 heterocycles. The second kappa shape index (κ2) is 5.15. The second-order valence-corrected chi connectivity index (χ2v) is 6.66. The molecule has 1 aromatic carbocycles. The van der Waals surface area contributed by atoms with Crippen molar-refractivity contribution in [2.75, 3.05) is 33.9 Å². The molecule has 0 aromatic heterocycles. The zero-order valence-electron chi connectivity index (χ0n) is 11.7. The molecule has 5 heteroatoms. The van der Waals surface area contributed by atoms with Crippen LogP contribution in [0.1, 0.15) is 12.0 Å². The first kappa shape index (κ1) is 14.6.